The van der Waals surface area contributed by atoms with Crippen molar-refractivity contribution < 1.29 is 10.2 Å². The van der Waals surface area contributed by atoms with E-state index < -0.39 is 0 Å². The minimum Gasteiger partial charge on any atom is -0.508 e. The summed E-state index contributed by atoms with van der Waals surface area (Å²) < 4.78 is 0. The van der Waals surface area contributed by atoms with E-state index in [9.17, 15) is 10.2 Å². The second-order valence-electron chi connectivity index (χ2n) is 8.29. The molecular weight excluding hydrogens is 473 g/mol. The van der Waals surface area contributed by atoms with Crippen LogP contribution in [0, 0.1) is 6.92 Å². The van der Waals surface area contributed by atoms with Gasteiger partial charge in [-0.3, -0.25) is 0 Å². The quantitative estimate of drug-likeness (QED) is 0.283. The highest BCUT2D eigenvalue weighted by molar-refractivity contribution is 14.0. The van der Waals surface area contributed by atoms with Crippen LogP contribution in [0.15, 0.2) is 48.5 Å². The van der Waals surface area contributed by atoms with Crippen molar-refractivity contribution in [1.82, 2.24) is 4.90 Å². The van der Waals surface area contributed by atoms with Crippen molar-refractivity contribution in [3.8, 4) is 5.75 Å². The van der Waals surface area contributed by atoms with Crippen molar-refractivity contribution in [2.24, 2.45) is 0 Å². The Labute approximate surface area is 194 Å². The van der Waals surface area contributed by atoms with Crippen LogP contribution in [0.25, 0.3) is 0 Å². The van der Waals surface area contributed by atoms with Crippen LogP contribution >= 0.6 is 24.0 Å². The number of hydrogen-bond donors (Lipinski definition) is 2. The van der Waals surface area contributed by atoms with Gasteiger partial charge in [-0.05, 0) is 78.1 Å². The van der Waals surface area contributed by atoms with Crippen LogP contribution in [0.3, 0.4) is 0 Å². The average molecular weight is 511 g/mol. The van der Waals surface area contributed by atoms with E-state index in [1.54, 1.807) is 0 Å². The number of aliphatic hydroxyl groups excluding tert-OH is 1. The molecule has 162 valence electrons. The van der Waals surface area contributed by atoms with Gasteiger partial charge in [-0.1, -0.05) is 48.0 Å². The SMILES string of the molecule is Cc1ccc(O)c(C(CCN(CCCCC(C)O)C(C)C)c2ccccc2)c1.I. The first-order valence-electron chi connectivity index (χ1n) is 10.6. The zero-order valence-electron chi connectivity index (χ0n) is 18.3. The summed E-state index contributed by atoms with van der Waals surface area (Å²) in [4.78, 5) is 2.52. The van der Waals surface area contributed by atoms with Gasteiger partial charge in [0.2, 0.25) is 0 Å². The Morgan fingerprint density at radius 3 is 2.21 bits per heavy atom. The minimum absolute atomic E-state index is 0. The molecule has 3 nitrogen and oxygen atoms in total. The van der Waals surface area contributed by atoms with Gasteiger partial charge in [0.1, 0.15) is 5.75 Å². The molecule has 2 N–H and O–H groups in total. The molecule has 0 aliphatic heterocycles. The predicted molar refractivity (Wildman–Crippen MR) is 133 cm³/mol. The van der Waals surface area contributed by atoms with Gasteiger partial charge in [0.25, 0.3) is 0 Å². The molecule has 0 aromatic heterocycles. The predicted octanol–water partition coefficient (Wildman–Crippen LogP) is 6.10. The topological polar surface area (TPSA) is 43.7 Å². The lowest BCUT2D eigenvalue weighted by Crippen LogP contribution is -2.33. The summed E-state index contributed by atoms with van der Waals surface area (Å²) in [7, 11) is 0. The Balaban J connectivity index is 0.00000420. The first-order chi connectivity index (χ1) is 13.4. The number of halogens is 1. The Hall–Kier alpha value is -1.11. The lowest BCUT2D eigenvalue weighted by atomic mass is 9.87. The number of aromatic hydroxyl groups is 1. The Bertz CT molecular complexity index is 703. The molecule has 0 bridgehead atoms. The fourth-order valence-corrected chi connectivity index (χ4v) is 3.82. The summed E-state index contributed by atoms with van der Waals surface area (Å²) in [6.07, 6.45) is 3.79. The summed E-state index contributed by atoms with van der Waals surface area (Å²) in [5.41, 5.74) is 3.44. The van der Waals surface area contributed by atoms with Gasteiger partial charge in [0, 0.05) is 17.5 Å². The van der Waals surface area contributed by atoms with E-state index >= 15 is 0 Å². The zero-order valence-corrected chi connectivity index (χ0v) is 20.7. The second kappa shape index (κ2) is 13.2. The average Bonchev–Trinajstić information content (AvgIpc) is 2.66. The van der Waals surface area contributed by atoms with E-state index in [-0.39, 0.29) is 36.0 Å². The molecular formula is C25H38INO2. The normalized spacial score (nSPS) is 13.3. The van der Waals surface area contributed by atoms with Gasteiger partial charge >= 0.3 is 0 Å². The number of hydrogen-bond acceptors (Lipinski definition) is 3. The van der Waals surface area contributed by atoms with Crippen molar-refractivity contribution in [2.75, 3.05) is 13.1 Å². The lowest BCUT2D eigenvalue weighted by Gasteiger charge is -2.29. The van der Waals surface area contributed by atoms with E-state index in [0.717, 1.165) is 44.3 Å². The summed E-state index contributed by atoms with van der Waals surface area (Å²) in [5, 5.41) is 20.0. The van der Waals surface area contributed by atoms with Crippen molar-refractivity contribution in [2.45, 2.75) is 71.4 Å². The second-order valence-corrected chi connectivity index (χ2v) is 8.29. The van der Waals surface area contributed by atoms with E-state index in [0.29, 0.717) is 11.8 Å². The molecule has 2 aromatic carbocycles. The van der Waals surface area contributed by atoms with Gasteiger partial charge < -0.3 is 15.1 Å². The zero-order chi connectivity index (χ0) is 20.5. The summed E-state index contributed by atoms with van der Waals surface area (Å²) >= 11 is 0. The molecule has 4 heteroatoms. The molecule has 0 spiro atoms. The van der Waals surface area contributed by atoms with Crippen LogP contribution < -0.4 is 0 Å². The van der Waals surface area contributed by atoms with Gasteiger partial charge in [-0.15, -0.1) is 24.0 Å². The molecule has 0 aliphatic carbocycles. The van der Waals surface area contributed by atoms with Crippen LogP contribution in [0.4, 0.5) is 0 Å². The van der Waals surface area contributed by atoms with Crippen LogP contribution in [0.5, 0.6) is 5.75 Å². The number of phenols is 1. The standard InChI is InChI=1S/C25H37NO2.HI/c1-19(2)26(16-9-8-10-21(4)27)17-15-23(22-11-6-5-7-12-22)24-18-20(3)13-14-25(24)28;/h5-7,11-14,18-19,21,23,27-28H,8-10,15-17H2,1-4H3;1H. The Morgan fingerprint density at radius 1 is 0.897 bits per heavy atom. The third-order valence-electron chi connectivity index (χ3n) is 5.51. The third kappa shape index (κ3) is 8.65. The van der Waals surface area contributed by atoms with Gasteiger partial charge in [-0.25, -0.2) is 0 Å². The molecule has 2 aromatic rings. The summed E-state index contributed by atoms with van der Waals surface area (Å²) in [6.45, 7) is 10.5. The highest BCUT2D eigenvalue weighted by atomic mass is 127. The summed E-state index contributed by atoms with van der Waals surface area (Å²) in [6, 6.07) is 16.9. The van der Waals surface area contributed by atoms with Crippen molar-refractivity contribution in [3.05, 3.63) is 65.2 Å². The number of nitrogens with zero attached hydrogens (tertiary/aromatic N) is 1. The van der Waals surface area contributed by atoms with Gasteiger partial charge in [0.15, 0.2) is 0 Å². The highest BCUT2D eigenvalue weighted by Gasteiger charge is 2.20. The molecule has 0 amide bonds. The fourth-order valence-electron chi connectivity index (χ4n) is 3.82. The van der Waals surface area contributed by atoms with Crippen molar-refractivity contribution in [1.29, 1.82) is 0 Å². The number of rotatable bonds is 11. The number of benzene rings is 2. The fraction of sp³-hybridized carbons (Fsp3) is 0.520. The highest BCUT2D eigenvalue weighted by Crippen LogP contribution is 2.34. The smallest absolute Gasteiger partial charge is 0.119 e. The number of phenolic OH excluding ortho intramolecular Hbond substituents is 1. The molecule has 0 saturated carbocycles. The molecule has 0 saturated heterocycles. The maximum atomic E-state index is 10.5. The maximum Gasteiger partial charge on any atom is 0.119 e. The first-order valence-corrected chi connectivity index (χ1v) is 10.6. The largest absolute Gasteiger partial charge is 0.508 e. The first kappa shape index (κ1) is 25.9. The molecule has 2 rings (SSSR count). The van der Waals surface area contributed by atoms with Crippen molar-refractivity contribution in [3.63, 3.8) is 0 Å². The number of aryl methyl sites for hydroxylation is 1. The van der Waals surface area contributed by atoms with E-state index in [1.165, 1.54) is 11.1 Å². The summed E-state index contributed by atoms with van der Waals surface area (Å²) in [5.74, 6) is 0.562. The van der Waals surface area contributed by atoms with Gasteiger partial charge in [-0.2, -0.15) is 0 Å². The Morgan fingerprint density at radius 2 is 1.59 bits per heavy atom. The van der Waals surface area contributed by atoms with Crippen LogP contribution in [-0.4, -0.2) is 40.3 Å². The number of aliphatic hydroxyl groups is 1. The molecule has 0 heterocycles. The van der Waals surface area contributed by atoms with Crippen LogP contribution in [0.1, 0.15) is 69.1 Å². The molecule has 0 radical (unpaired) electrons. The minimum atomic E-state index is -0.209. The molecule has 0 aliphatic rings. The van der Waals surface area contributed by atoms with E-state index in [4.69, 9.17) is 0 Å². The monoisotopic (exact) mass is 511 g/mol. The van der Waals surface area contributed by atoms with Crippen LogP contribution in [0.2, 0.25) is 0 Å². The molecule has 0 fully saturated rings. The van der Waals surface area contributed by atoms with Crippen LogP contribution in [-0.2, 0) is 0 Å². The van der Waals surface area contributed by atoms with Gasteiger partial charge in [0.05, 0.1) is 6.10 Å². The molecule has 2 atom stereocenters. The molecule has 29 heavy (non-hydrogen) atoms. The van der Waals surface area contributed by atoms with E-state index in [1.807, 2.05) is 25.1 Å². The molecule has 2 unspecified atom stereocenters. The van der Waals surface area contributed by atoms with E-state index in [2.05, 4.69) is 56.0 Å². The lowest BCUT2D eigenvalue weighted by molar-refractivity contribution is 0.171. The number of unbranched alkanes of at least 4 members (excludes halogenated alkanes) is 1. The van der Waals surface area contributed by atoms with Crippen molar-refractivity contribution >= 4 is 24.0 Å². The Kier molecular flexibility index (Phi) is 11.8. The third-order valence-corrected chi connectivity index (χ3v) is 5.51. The maximum absolute atomic E-state index is 10.5.